The van der Waals surface area contributed by atoms with E-state index in [-0.39, 0.29) is 31.2 Å². The number of rotatable bonds is 2. The zero-order valence-corrected chi connectivity index (χ0v) is 25.0. The summed E-state index contributed by atoms with van der Waals surface area (Å²) < 4.78 is 52.8. The van der Waals surface area contributed by atoms with Gasteiger partial charge in [-0.25, -0.2) is 8.42 Å². The van der Waals surface area contributed by atoms with E-state index in [4.69, 9.17) is 18.9 Å². The van der Waals surface area contributed by atoms with Crippen molar-refractivity contribution in [2.45, 2.75) is 11.8 Å². The van der Waals surface area contributed by atoms with Gasteiger partial charge in [-0.1, -0.05) is 78.4 Å². The first kappa shape index (κ1) is 29.1. The third-order valence-corrected chi connectivity index (χ3v) is 9.54. The Hall–Kier alpha value is -3.95. The van der Waals surface area contributed by atoms with Crippen LogP contribution in [-0.2, 0) is 19.5 Å². The Balaban J connectivity index is 1.32. The highest BCUT2D eigenvalue weighted by Gasteiger charge is 2.24. The van der Waals surface area contributed by atoms with Gasteiger partial charge in [-0.05, 0) is 52.7 Å². The minimum absolute atomic E-state index is 0.203. The van der Waals surface area contributed by atoms with Gasteiger partial charge >= 0.3 is 0 Å². The van der Waals surface area contributed by atoms with E-state index in [1.54, 1.807) is 24.3 Å². The Morgan fingerprint density at radius 2 is 1.05 bits per heavy atom. The van der Waals surface area contributed by atoms with Gasteiger partial charge < -0.3 is 18.9 Å². The summed E-state index contributed by atoms with van der Waals surface area (Å²) in [5.41, 5.74) is 2.93. The molecule has 0 N–H and O–H groups in total. The highest BCUT2D eigenvalue weighted by Crippen LogP contribution is 2.45. The van der Waals surface area contributed by atoms with Crippen molar-refractivity contribution in [2.24, 2.45) is 0 Å². The summed E-state index contributed by atoms with van der Waals surface area (Å²) >= 11 is 0. The molecule has 0 spiro atoms. The summed E-state index contributed by atoms with van der Waals surface area (Å²) in [4.78, 5) is 0.253. The largest absolute Gasteiger partial charge is 0.491 e. The highest BCUT2D eigenvalue weighted by molar-refractivity contribution is 7.89. The van der Waals surface area contributed by atoms with Crippen LogP contribution < -0.4 is 9.47 Å². The molecular formula is C35H35NO6S. The van der Waals surface area contributed by atoms with Gasteiger partial charge in [0, 0.05) is 24.2 Å². The van der Waals surface area contributed by atoms with Crippen LogP contribution in [0.2, 0.25) is 0 Å². The van der Waals surface area contributed by atoms with Crippen LogP contribution in [0.1, 0.15) is 5.56 Å². The molecule has 5 aromatic rings. The Bertz CT molecular complexity index is 1720. The number of nitrogens with zero attached hydrogens (tertiary/aromatic N) is 1. The van der Waals surface area contributed by atoms with Crippen LogP contribution in [0.4, 0.5) is 0 Å². The summed E-state index contributed by atoms with van der Waals surface area (Å²) in [6.45, 7) is 4.02. The van der Waals surface area contributed by atoms with Crippen LogP contribution in [0.25, 0.3) is 32.7 Å². The second-order valence-electron chi connectivity index (χ2n) is 10.5. The number of sulfonamides is 1. The van der Waals surface area contributed by atoms with E-state index in [2.05, 4.69) is 36.4 Å². The average molecular weight is 598 g/mol. The van der Waals surface area contributed by atoms with Crippen molar-refractivity contribution in [3.05, 3.63) is 103 Å². The first-order valence-corrected chi connectivity index (χ1v) is 16.0. The van der Waals surface area contributed by atoms with E-state index in [1.807, 2.05) is 43.3 Å². The van der Waals surface area contributed by atoms with Gasteiger partial charge in [-0.15, -0.1) is 0 Å². The van der Waals surface area contributed by atoms with E-state index in [0.29, 0.717) is 26.4 Å². The molecule has 0 aromatic heterocycles. The molecule has 222 valence electrons. The standard InChI is InChI=1S/C35H35NO6S/c1-26-10-14-29(15-11-26)43(37,38)36-18-20-39-22-24-41-32-16-12-27-6-2-4-8-30(27)34(32)35-31-9-5-3-7-28(31)13-17-33(35)42-25-23-40-21-19-36/h2-17H,18-25H2,1H3. The molecule has 0 unspecified atom stereocenters. The van der Waals surface area contributed by atoms with Crippen molar-refractivity contribution >= 4 is 31.6 Å². The third-order valence-electron chi connectivity index (χ3n) is 7.63. The maximum absolute atomic E-state index is 13.4. The van der Waals surface area contributed by atoms with Gasteiger partial charge in [0.2, 0.25) is 10.0 Å². The highest BCUT2D eigenvalue weighted by atomic mass is 32.2. The lowest BCUT2D eigenvalue weighted by Crippen LogP contribution is -2.37. The lowest BCUT2D eigenvalue weighted by molar-refractivity contribution is 0.0754. The van der Waals surface area contributed by atoms with E-state index in [9.17, 15) is 8.42 Å². The Morgan fingerprint density at radius 3 is 1.56 bits per heavy atom. The zero-order valence-electron chi connectivity index (χ0n) is 24.2. The van der Waals surface area contributed by atoms with E-state index < -0.39 is 10.0 Å². The number of hydrogen-bond donors (Lipinski definition) is 0. The number of aryl methyl sites for hydroxylation is 1. The van der Waals surface area contributed by atoms with Crippen molar-refractivity contribution in [1.29, 1.82) is 0 Å². The first-order chi connectivity index (χ1) is 21.0. The SMILES string of the molecule is Cc1ccc(S(=O)(=O)N2CCOCCOc3ccc4ccccc4c3-c3c(ccc4ccccc34)OCCOCC2)cc1. The minimum atomic E-state index is -3.71. The number of ether oxygens (including phenoxy) is 4. The summed E-state index contributed by atoms with van der Waals surface area (Å²) in [5, 5.41) is 4.33. The monoisotopic (exact) mass is 597 g/mol. The minimum Gasteiger partial charge on any atom is -0.491 e. The predicted octanol–water partition coefficient (Wildman–Crippen LogP) is 6.46. The second-order valence-corrected chi connectivity index (χ2v) is 12.4. The quantitative estimate of drug-likeness (QED) is 0.233. The normalized spacial score (nSPS) is 16.0. The van der Waals surface area contributed by atoms with Gasteiger partial charge in [0.05, 0.1) is 31.3 Å². The fourth-order valence-electron chi connectivity index (χ4n) is 5.43. The summed E-state index contributed by atoms with van der Waals surface area (Å²) in [6, 6.07) is 31.5. The molecule has 1 heterocycles. The molecule has 5 aromatic carbocycles. The molecule has 0 atom stereocenters. The maximum Gasteiger partial charge on any atom is 0.243 e. The van der Waals surface area contributed by atoms with Crippen LogP contribution >= 0.6 is 0 Å². The second kappa shape index (κ2) is 13.1. The lowest BCUT2D eigenvalue weighted by atomic mass is 9.92. The molecular weight excluding hydrogens is 562 g/mol. The van der Waals surface area contributed by atoms with Gasteiger partial charge in [0.25, 0.3) is 0 Å². The van der Waals surface area contributed by atoms with Gasteiger partial charge in [0.1, 0.15) is 24.7 Å². The van der Waals surface area contributed by atoms with Crippen molar-refractivity contribution < 1.29 is 27.4 Å². The molecule has 0 amide bonds. The van der Waals surface area contributed by atoms with E-state index in [1.165, 1.54) is 4.31 Å². The lowest BCUT2D eigenvalue weighted by Gasteiger charge is -2.22. The average Bonchev–Trinajstić information content (AvgIpc) is 3.03. The van der Waals surface area contributed by atoms with Crippen LogP contribution in [0.3, 0.4) is 0 Å². The Kier molecular flexibility index (Phi) is 8.90. The molecule has 0 radical (unpaired) electrons. The molecule has 0 fully saturated rings. The smallest absolute Gasteiger partial charge is 0.243 e. The fraction of sp³-hybridized carbons (Fsp3) is 0.257. The van der Waals surface area contributed by atoms with Crippen molar-refractivity contribution in [3.8, 4) is 22.6 Å². The van der Waals surface area contributed by atoms with Gasteiger partial charge in [-0.2, -0.15) is 4.31 Å². The molecule has 0 aliphatic carbocycles. The van der Waals surface area contributed by atoms with Gasteiger partial charge in [0.15, 0.2) is 0 Å². The van der Waals surface area contributed by atoms with Crippen LogP contribution in [0, 0.1) is 6.92 Å². The van der Waals surface area contributed by atoms with E-state index in [0.717, 1.165) is 49.7 Å². The summed E-state index contributed by atoms with van der Waals surface area (Å²) in [6.07, 6.45) is 0. The van der Waals surface area contributed by atoms with Crippen molar-refractivity contribution in [2.75, 3.05) is 52.7 Å². The number of benzene rings is 5. The van der Waals surface area contributed by atoms with Crippen molar-refractivity contribution in [1.82, 2.24) is 4.31 Å². The topological polar surface area (TPSA) is 74.3 Å². The zero-order chi connectivity index (χ0) is 29.6. The first-order valence-electron chi connectivity index (χ1n) is 14.5. The van der Waals surface area contributed by atoms with Crippen molar-refractivity contribution in [3.63, 3.8) is 0 Å². The fourth-order valence-corrected chi connectivity index (χ4v) is 6.84. The molecule has 0 saturated heterocycles. The Labute approximate surface area is 252 Å². The van der Waals surface area contributed by atoms with Crippen LogP contribution in [-0.4, -0.2) is 65.5 Å². The van der Waals surface area contributed by atoms with E-state index >= 15 is 0 Å². The van der Waals surface area contributed by atoms with Crippen LogP contribution in [0.5, 0.6) is 11.5 Å². The van der Waals surface area contributed by atoms with Crippen LogP contribution in [0.15, 0.2) is 102 Å². The summed E-state index contributed by atoms with van der Waals surface area (Å²) in [7, 11) is -3.71. The molecule has 0 saturated carbocycles. The molecule has 6 rings (SSSR count). The molecule has 43 heavy (non-hydrogen) atoms. The van der Waals surface area contributed by atoms with Gasteiger partial charge in [-0.3, -0.25) is 0 Å². The Morgan fingerprint density at radius 1 is 0.558 bits per heavy atom. The predicted molar refractivity (Wildman–Crippen MR) is 169 cm³/mol. The number of fused-ring (bicyclic) bond motifs is 7. The maximum atomic E-state index is 13.4. The third kappa shape index (κ3) is 6.38. The molecule has 1 aliphatic heterocycles. The number of hydrogen-bond acceptors (Lipinski definition) is 6. The molecule has 1 aliphatic rings. The molecule has 0 bridgehead atoms. The molecule has 8 heteroatoms. The molecule has 7 nitrogen and oxygen atoms in total. The summed E-state index contributed by atoms with van der Waals surface area (Å²) in [5.74, 6) is 1.46.